The van der Waals surface area contributed by atoms with Gasteiger partial charge in [-0.3, -0.25) is 4.79 Å². The van der Waals surface area contributed by atoms with Crippen molar-refractivity contribution in [2.75, 3.05) is 19.7 Å². The van der Waals surface area contributed by atoms with Gasteiger partial charge in [-0.15, -0.1) is 0 Å². The lowest BCUT2D eigenvalue weighted by molar-refractivity contribution is -0.245. The summed E-state index contributed by atoms with van der Waals surface area (Å²) in [7, 11) is 0. The molecule has 8 nitrogen and oxygen atoms in total. The Labute approximate surface area is 104 Å². The molecule has 0 bridgehead atoms. The summed E-state index contributed by atoms with van der Waals surface area (Å²) < 4.78 is 4.98. The molecule has 1 rings (SSSR count). The van der Waals surface area contributed by atoms with E-state index in [0.717, 1.165) is 0 Å². The molecule has 106 valence electrons. The summed E-state index contributed by atoms with van der Waals surface area (Å²) in [6.07, 6.45) is -3.29. The second kappa shape index (κ2) is 6.41. The van der Waals surface area contributed by atoms with Crippen LogP contribution in [0.3, 0.4) is 0 Å². The average Bonchev–Trinajstić information content (AvgIpc) is 2.54. The highest BCUT2D eigenvalue weighted by molar-refractivity contribution is 5.66. The van der Waals surface area contributed by atoms with Gasteiger partial charge in [0.1, 0.15) is 18.3 Å². The zero-order chi connectivity index (χ0) is 13.8. The van der Waals surface area contributed by atoms with Crippen LogP contribution < -0.4 is 5.32 Å². The Morgan fingerprint density at radius 1 is 1.39 bits per heavy atom. The van der Waals surface area contributed by atoms with Crippen molar-refractivity contribution in [3.63, 3.8) is 0 Å². The van der Waals surface area contributed by atoms with Gasteiger partial charge in [-0.2, -0.15) is 0 Å². The molecule has 0 spiro atoms. The monoisotopic (exact) mass is 265 g/mol. The number of rotatable bonds is 7. The standard InChI is InChI=1S/C10H19NO7/c12-5-10(17)9(16)8(15)6(18-10)4-11-3-1-2-7(13)14/h6,8-9,11-12,15-17H,1-5H2,(H,13,14)/t6-,8+,9-,10+/m0/s1. The first-order valence-electron chi connectivity index (χ1n) is 5.70. The van der Waals surface area contributed by atoms with Crippen LogP contribution in [0, 0.1) is 0 Å². The third kappa shape index (κ3) is 3.61. The Balaban J connectivity index is 2.29. The van der Waals surface area contributed by atoms with Crippen LogP contribution in [0.1, 0.15) is 12.8 Å². The largest absolute Gasteiger partial charge is 0.481 e. The van der Waals surface area contributed by atoms with Crippen molar-refractivity contribution >= 4 is 5.97 Å². The zero-order valence-corrected chi connectivity index (χ0v) is 9.82. The van der Waals surface area contributed by atoms with Crippen LogP contribution in [0.2, 0.25) is 0 Å². The lowest BCUT2D eigenvalue weighted by Gasteiger charge is -2.22. The quantitative estimate of drug-likeness (QED) is 0.272. The van der Waals surface area contributed by atoms with E-state index >= 15 is 0 Å². The first-order valence-corrected chi connectivity index (χ1v) is 5.70. The van der Waals surface area contributed by atoms with E-state index in [1.807, 2.05) is 0 Å². The molecule has 1 heterocycles. The number of hydrogen-bond donors (Lipinski definition) is 6. The molecule has 0 amide bonds. The topological polar surface area (TPSA) is 139 Å². The van der Waals surface area contributed by atoms with Crippen molar-refractivity contribution < 1.29 is 35.1 Å². The van der Waals surface area contributed by atoms with E-state index in [0.29, 0.717) is 13.0 Å². The molecule has 0 unspecified atom stereocenters. The highest BCUT2D eigenvalue weighted by atomic mass is 16.7. The predicted molar refractivity (Wildman–Crippen MR) is 58.7 cm³/mol. The van der Waals surface area contributed by atoms with Crippen LogP contribution in [0.15, 0.2) is 0 Å². The zero-order valence-electron chi connectivity index (χ0n) is 9.82. The SMILES string of the molecule is O=C(O)CCCNC[C@@H]1O[C@](O)(CO)[C@@H](O)[C@@H]1O. The van der Waals surface area contributed by atoms with Crippen LogP contribution in [-0.2, 0) is 9.53 Å². The van der Waals surface area contributed by atoms with Crippen molar-refractivity contribution in [3.8, 4) is 0 Å². The summed E-state index contributed by atoms with van der Waals surface area (Å²) in [6, 6.07) is 0. The minimum absolute atomic E-state index is 0.0320. The van der Waals surface area contributed by atoms with Crippen molar-refractivity contribution in [2.24, 2.45) is 0 Å². The van der Waals surface area contributed by atoms with E-state index in [9.17, 15) is 20.1 Å². The van der Waals surface area contributed by atoms with E-state index in [1.54, 1.807) is 0 Å². The molecule has 0 aromatic carbocycles. The number of carboxylic acid groups (broad SMARTS) is 1. The number of ether oxygens (including phenoxy) is 1. The Kier molecular flexibility index (Phi) is 5.45. The summed E-state index contributed by atoms with van der Waals surface area (Å²) >= 11 is 0. The molecule has 1 saturated heterocycles. The lowest BCUT2D eigenvalue weighted by atomic mass is 10.1. The molecule has 1 fully saturated rings. The smallest absolute Gasteiger partial charge is 0.303 e. The minimum Gasteiger partial charge on any atom is -0.481 e. The molecule has 1 aliphatic heterocycles. The molecule has 0 saturated carbocycles. The minimum atomic E-state index is -2.15. The molecule has 18 heavy (non-hydrogen) atoms. The number of nitrogens with one attached hydrogen (secondary N) is 1. The third-order valence-corrected chi connectivity index (χ3v) is 2.84. The fraction of sp³-hybridized carbons (Fsp3) is 0.900. The molecule has 1 aliphatic rings. The fourth-order valence-electron chi connectivity index (χ4n) is 1.77. The van der Waals surface area contributed by atoms with Crippen molar-refractivity contribution in [1.29, 1.82) is 0 Å². The van der Waals surface area contributed by atoms with Crippen LogP contribution in [0.25, 0.3) is 0 Å². The van der Waals surface area contributed by atoms with Crippen LogP contribution >= 0.6 is 0 Å². The third-order valence-electron chi connectivity index (χ3n) is 2.84. The van der Waals surface area contributed by atoms with Gasteiger partial charge >= 0.3 is 5.97 Å². The number of carboxylic acids is 1. The summed E-state index contributed by atoms with van der Waals surface area (Å²) in [5, 5.41) is 48.8. The van der Waals surface area contributed by atoms with Gasteiger partial charge in [-0.05, 0) is 13.0 Å². The molecule has 4 atom stereocenters. The fourth-order valence-corrected chi connectivity index (χ4v) is 1.77. The van der Waals surface area contributed by atoms with Crippen molar-refractivity contribution in [3.05, 3.63) is 0 Å². The van der Waals surface area contributed by atoms with Crippen LogP contribution in [-0.4, -0.2) is 75.3 Å². The van der Waals surface area contributed by atoms with Gasteiger partial charge in [0, 0.05) is 13.0 Å². The Bertz CT molecular complexity index is 287. The summed E-state index contributed by atoms with van der Waals surface area (Å²) in [6.45, 7) is -0.270. The van der Waals surface area contributed by atoms with Gasteiger partial charge in [-0.25, -0.2) is 0 Å². The van der Waals surface area contributed by atoms with E-state index in [1.165, 1.54) is 0 Å². The van der Waals surface area contributed by atoms with E-state index in [-0.39, 0.29) is 13.0 Å². The maximum absolute atomic E-state index is 10.3. The highest BCUT2D eigenvalue weighted by Crippen LogP contribution is 2.28. The maximum atomic E-state index is 10.3. The van der Waals surface area contributed by atoms with E-state index in [2.05, 4.69) is 5.32 Å². The van der Waals surface area contributed by atoms with Crippen molar-refractivity contribution in [2.45, 2.75) is 36.9 Å². The molecular formula is C10H19NO7. The highest BCUT2D eigenvalue weighted by Gasteiger charge is 2.52. The normalized spacial score (nSPS) is 35.9. The first-order chi connectivity index (χ1) is 8.40. The molecular weight excluding hydrogens is 246 g/mol. The van der Waals surface area contributed by atoms with Gasteiger partial charge in [0.05, 0.1) is 6.61 Å². The molecule has 0 aromatic heterocycles. The molecule has 0 aromatic rings. The number of aliphatic hydroxyl groups is 4. The first kappa shape index (κ1) is 15.3. The predicted octanol–water partition coefficient (Wildman–Crippen LogP) is -2.76. The average molecular weight is 265 g/mol. The number of aliphatic carboxylic acids is 1. The number of carbonyl (C=O) groups is 1. The summed E-state index contributed by atoms with van der Waals surface area (Å²) in [5.74, 6) is -3.04. The van der Waals surface area contributed by atoms with Crippen LogP contribution in [0.4, 0.5) is 0 Å². The van der Waals surface area contributed by atoms with Gasteiger partial charge in [0.2, 0.25) is 5.79 Å². The molecule has 8 heteroatoms. The Morgan fingerprint density at radius 3 is 2.56 bits per heavy atom. The number of hydrogen-bond acceptors (Lipinski definition) is 7. The van der Waals surface area contributed by atoms with E-state index in [4.69, 9.17) is 14.9 Å². The van der Waals surface area contributed by atoms with Crippen molar-refractivity contribution in [1.82, 2.24) is 5.32 Å². The van der Waals surface area contributed by atoms with Crippen LogP contribution in [0.5, 0.6) is 0 Å². The Morgan fingerprint density at radius 2 is 2.06 bits per heavy atom. The molecule has 0 aliphatic carbocycles. The van der Waals surface area contributed by atoms with Gasteiger partial charge in [0.25, 0.3) is 0 Å². The molecule has 0 radical (unpaired) electrons. The molecule has 6 N–H and O–H groups in total. The van der Waals surface area contributed by atoms with Gasteiger partial charge < -0.3 is 35.6 Å². The Hall–Kier alpha value is -0.770. The second-order valence-electron chi connectivity index (χ2n) is 4.30. The second-order valence-corrected chi connectivity index (χ2v) is 4.30. The van der Waals surface area contributed by atoms with E-state index < -0.39 is 36.7 Å². The maximum Gasteiger partial charge on any atom is 0.303 e. The summed E-state index contributed by atoms with van der Waals surface area (Å²) in [4.78, 5) is 10.3. The summed E-state index contributed by atoms with van der Waals surface area (Å²) in [5.41, 5.74) is 0. The lowest BCUT2D eigenvalue weighted by Crippen LogP contribution is -2.46. The van der Waals surface area contributed by atoms with Gasteiger partial charge in [0.15, 0.2) is 0 Å². The number of aliphatic hydroxyl groups excluding tert-OH is 3. The van der Waals surface area contributed by atoms with Gasteiger partial charge in [-0.1, -0.05) is 0 Å².